The second-order valence-corrected chi connectivity index (χ2v) is 5.48. The molecule has 1 aromatic heterocycles. The van der Waals surface area contributed by atoms with E-state index in [1.54, 1.807) is 5.56 Å². The first-order valence-corrected chi connectivity index (χ1v) is 7.05. The third-order valence-corrected chi connectivity index (χ3v) is 4.37. The lowest BCUT2D eigenvalue weighted by atomic mass is 9.82. The van der Waals surface area contributed by atoms with Crippen LogP contribution >= 0.6 is 0 Å². The van der Waals surface area contributed by atoms with Crippen molar-refractivity contribution >= 4 is 10.9 Å². The summed E-state index contributed by atoms with van der Waals surface area (Å²) < 4.78 is 0. The first-order chi connectivity index (χ1) is 9.42. The van der Waals surface area contributed by atoms with Crippen molar-refractivity contribution in [1.82, 2.24) is 4.98 Å². The summed E-state index contributed by atoms with van der Waals surface area (Å²) in [7, 11) is 0. The third-order valence-electron chi connectivity index (χ3n) is 4.37. The number of hydrogen-bond donors (Lipinski definition) is 1. The van der Waals surface area contributed by atoms with Gasteiger partial charge in [-0.15, -0.1) is 0 Å². The first-order valence-electron chi connectivity index (χ1n) is 7.05. The molecule has 1 heteroatoms. The highest BCUT2D eigenvalue weighted by Crippen LogP contribution is 2.35. The van der Waals surface area contributed by atoms with E-state index in [9.17, 15) is 0 Å². The normalized spacial score (nSPS) is 18.4. The number of nitrogens with one attached hydrogen (secondary N) is 1. The zero-order valence-electron chi connectivity index (χ0n) is 10.9. The zero-order valence-corrected chi connectivity index (χ0v) is 10.9. The van der Waals surface area contributed by atoms with E-state index in [2.05, 4.69) is 59.6 Å². The van der Waals surface area contributed by atoms with Crippen LogP contribution < -0.4 is 0 Å². The molecule has 0 amide bonds. The second-order valence-electron chi connectivity index (χ2n) is 5.48. The lowest BCUT2D eigenvalue weighted by Gasteiger charge is -2.22. The molecule has 3 aromatic rings. The average Bonchev–Trinajstić information content (AvgIpc) is 2.86. The predicted molar refractivity (Wildman–Crippen MR) is 79.5 cm³/mol. The number of benzene rings is 2. The smallest absolute Gasteiger partial charge is 0.0458 e. The fourth-order valence-electron chi connectivity index (χ4n) is 3.39. The van der Waals surface area contributed by atoms with Gasteiger partial charge in [-0.3, -0.25) is 0 Å². The Kier molecular flexibility index (Phi) is 2.44. The molecule has 0 radical (unpaired) electrons. The van der Waals surface area contributed by atoms with Crippen molar-refractivity contribution in [1.29, 1.82) is 0 Å². The summed E-state index contributed by atoms with van der Waals surface area (Å²) in [6, 6.07) is 19.6. The summed E-state index contributed by atoms with van der Waals surface area (Å²) in [6.45, 7) is 0. The van der Waals surface area contributed by atoms with Crippen LogP contribution in [0.4, 0.5) is 0 Å². The van der Waals surface area contributed by atoms with Gasteiger partial charge >= 0.3 is 0 Å². The highest BCUT2D eigenvalue weighted by molar-refractivity contribution is 5.84. The molecule has 0 aliphatic heterocycles. The minimum Gasteiger partial charge on any atom is -0.358 e. The van der Waals surface area contributed by atoms with Crippen molar-refractivity contribution in [2.75, 3.05) is 0 Å². The molecular formula is C18H17N. The Labute approximate surface area is 113 Å². The number of aromatic amines is 1. The Morgan fingerprint density at radius 2 is 1.68 bits per heavy atom. The number of aromatic nitrogens is 1. The molecule has 1 heterocycles. The Bertz CT molecular complexity index is 709. The van der Waals surface area contributed by atoms with Crippen LogP contribution in [0.15, 0.2) is 54.6 Å². The molecule has 1 N–H and O–H groups in total. The van der Waals surface area contributed by atoms with Gasteiger partial charge in [0.2, 0.25) is 0 Å². The number of rotatable bonds is 1. The predicted octanol–water partition coefficient (Wildman–Crippen LogP) is 4.44. The largest absolute Gasteiger partial charge is 0.358 e. The van der Waals surface area contributed by atoms with Gasteiger partial charge in [-0.2, -0.15) is 0 Å². The van der Waals surface area contributed by atoms with E-state index in [4.69, 9.17) is 0 Å². The fraction of sp³-hybridized carbons (Fsp3) is 0.222. The van der Waals surface area contributed by atoms with Crippen LogP contribution in [-0.2, 0) is 12.8 Å². The van der Waals surface area contributed by atoms with Gasteiger partial charge in [-0.1, -0.05) is 48.5 Å². The molecule has 1 atom stereocenters. The first kappa shape index (κ1) is 10.9. The van der Waals surface area contributed by atoms with E-state index < -0.39 is 0 Å². The lowest BCUT2D eigenvalue weighted by molar-refractivity contribution is 0.580. The maximum atomic E-state index is 3.62. The number of aryl methyl sites for hydroxylation is 1. The summed E-state index contributed by atoms with van der Waals surface area (Å²) in [5.74, 6) is 0.668. The van der Waals surface area contributed by atoms with Crippen LogP contribution in [0, 0.1) is 0 Å². The maximum Gasteiger partial charge on any atom is 0.0458 e. The van der Waals surface area contributed by atoms with Crippen molar-refractivity contribution in [3.05, 3.63) is 71.4 Å². The summed E-state index contributed by atoms with van der Waals surface area (Å²) in [5, 5.41) is 1.42. The van der Waals surface area contributed by atoms with E-state index in [0.717, 1.165) is 6.42 Å². The molecule has 4 rings (SSSR count). The SMILES string of the molecule is c1ccc(C2CCc3c([nH]c4ccccc34)C2)cc1. The van der Waals surface area contributed by atoms with Crippen LogP contribution in [0.2, 0.25) is 0 Å². The topological polar surface area (TPSA) is 15.8 Å². The summed E-state index contributed by atoms with van der Waals surface area (Å²) in [5.41, 5.74) is 5.76. The lowest BCUT2D eigenvalue weighted by Crippen LogP contribution is -2.12. The van der Waals surface area contributed by atoms with Gasteiger partial charge < -0.3 is 4.98 Å². The molecule has 0 bridgehead atoms. The minimum absolute atomic E-state index is 0.668. The summed E-state index contributed by atoms with van der Waals surface area (Å²) in [6.07, 6.45) is 3.60. The van der Waals surface area contributed by atoms with Crippen LogP contribution in [0.5, 0.6) is 0 Å². The number of hydrogen-bond acceptors (Lipinski definition) is 0. The van der Waals surface area contributed by atoms with Crippen molar-refractivity contribution in [2.24, 2.45) is 0 Å². The summed E-state index contributed by atoms with van der Waals surface area (Å²) in [4.78, 5) is 3.62. The molecule has 1 aliphatic carbocycles. The molecule has 0 fully saturated rings. The molecule has 1 aliphatic rings. The number of fused-ring (bicyclic) bond motifs is 3. The average molecular weight is 247 g/mol. The van der Waals surface area contributed by atoms with Gasteiger partial charge in [0.25, 0.3) is 0 Å². The van der Waals surface area contributed by atoms with Crippen LogP contribution in [0.3, 0.4) is 0 Å². The van der Waals surface area contributed by atoms with Gasteiger partial charge in [0.1, 0.15) is 0 Å². The standard InChI is InChI=1S/C18H17N/c1-2-6-13(7-3-1)14-10-11-16-15-8-4-5-9-17(15)19-18(16)12-14/h1-9,14,19H,10-12H2. The van der Waals surface area contributed by atoms with Crippen molar-refractivity contribution in [3.63, 3.8) is 0 Å². The van der Waals surface area contributed by atoms with E-state index in [1.807, 2.05) is 0 Å². The van der Waals surface area contributed by atoms with E-state index in [1.165, 1.54) is 35.0 Å². The Morgan fingerprint density at radius 1 is 0.895 bits per heavy atom. The van der Waals surface area contributed by atoms with Gasteiger partial charge in [0, 0.05) is 16.6 Å². The van der Waals surface area contributed by atoms with Crippen molar-refractivity contribution in [2.45, 2.75) is 25.2 Å². The van der Waals surface area contributed by atoms with Crippen molar-refractivity contribution in [3.8, 4) is 0 Å². The highest BCUT2D eigenvalue weighted by Gasteiger charge is 2.22. The number of H-pyrrole nitrogens is 1. The molecular weight excluding hydrogens is 230 g/mol. The molecule has 19 heavy (non-hydrogen) atoms. The highest BCUT2D eigenvalue weighted by atomic mass is 14.7. The quantitative estimate of drug-likeness (QED) is 0.654. The van der Waals surface area contributed by atoms with Crippen molar-refractivity contribution < 1.29 is 0 Å². The minimum atomic E-state index is 0.668. The van der Waals surface area contributed by atoms with Crippen LogP contribution in [0.25, 0.3) is 10.9 Å². The van der Waals surface area contributed by atoms with E-state index >= 15 is 0 Å². The molecule has 0 spiro atoms. The second kappa shape index (κ2) is 4.27. The van der Waals surface area contributed by atoms with Gasteiger partial charge in [0.15, 0.2) is 0 Å². The van der Waals surface area contributed by atoms with Gasteiger partial charge in [-0.05, 0) is 42.4 Å². The van der Waals surface area contributed by atoms with Crippen LogP contribution in [-0.4, -0.2) is 4.98 Å². The molecule has 1 nitrogen and oxygen atoms in total. The zero-order chi connectivity index (χ0) is 12.7. The number of para-hydroxylation sites is 1. The molecule has 0 saturated carbocycles. The van der Waals surface area contributed by atoms with Gasteiger partial charge in [0.05, 0.1) is 0 Å². The molecule has 1 unspecified atom stereocenters. The van der Waals surface area contributed by atoms with E-state index in [-0.39, 0.29) is 0 Å². The third kappa shape index (κ3) is 1.77. The fourth-order valence-corrected chi connectivity index (χ4v) is 3.39. The molecule has 0 saturated heterocycles. The monoisotopic (exact) mass is 247 g/mol. The van der Waals surface area contributed by atoms with Gasteiger partial charge in [-0.25, -0.2) is 0 Å². The van der Waals surface area contributed by atoms with Crippen LogP contribution in [0.1, 0.15) is 29.2 Å². The molecule has 94 valence electrons. The Morgan fingerprint density at radius 3 is 2.58 bits per heavy atom. The Hall–Kier alpha value is -2.02. The Balaban J connectivity index is 1.74. The molecule has 2 aromatic carbocycles. The summed E-state index contributed by atoms with van der Waals surface area (Å²) >= 11 is 0. The maximum absolute atomic E-state index is 3.62. The van der Waals surface area contributed by atoms with E-state index in [0.29, 0.717) is 5.92 Å².